The van der Waals surface area contributed by atoms with Crippen LogP contribution in [0.1, 0.15) is 23.2 Å². The van der Waals surface area contributed by atoms with Crippen LogP contribution in [0.4, 0.5) is 0 Å². The number of amides is 1. The lowest BCUT2D eigenvalue weighted by molar-refractivity contribution is 0.0784. The Morgan fingerprint density at radius 3 is 2.62 bits per heavy atom. The van der Waals surface area contributed by atoms with E-state index >= 15 is 0 Å². The monoisotopic (exact) mass is 312 g/mol. The normalized spacial score (nSPS) is 26.3. The molecule has 21 heavy (non-hydrogen) atoms. The van der Waals surface area contributed by atoms with Crippen LogP contribution in [0.25, 0.3) is 0 Å². The van der Waals surface area contributed by atoms with E-state index in [2.05, 4.69) is 9.82 Å². The number of likely N-dealkylation sites (tertiary alicyclic amines) is 1. The fraction of sp³-hybridized carbons (Fsp3) is 0.692. The van der Waals surface area contributed by atoms with Gasteiger partial charge in [-0.05, 0) is 24.7 Å². The number of sulfonamides is 1. The lowest BCUT2D eigenvalue weighted by Crippen LogP contribution is -2.40. The number of nitrogens with zero attached hydrogens (tertiary/aromatic N) is 3. The third-order valence-electron chi connectivity index (χ3n) is 4.20. The van der Waals surface area contributed by atoms with Crippen LogP contribution in [0.15, 0.2) is 12.4 Å². The maximum Gasteiger partial charge on any atom is 0.257 e. The average Bonchev–Trinajstić information content (AvgIpc) is 3.00. The highest BCUT2D eigenvalue weighted by Crippen LogP contribution is 2.41. The number of hydrogen-bond acceptors (Lipinski definition) is 4. The Balaban J connectivity index is 1.74. The standard InChI is InChI=1S/C13H20N4O3S/c1-16-6-10(5-14-16)13(18)17-7-11(9-3-4-9)12(8-17)15-21(2,19)20/h5-6,9,11-12,15H,3-4,7-8H2,1-2H3/t11-,12+/m1/s1. The van der Waals surface area contributed by atoms with Crippen LogP contribution < -0.4 is 4.72 Å². The van der Waals surface area contributed by atoms with Gasteiger partial charge < -0.3 is 4.90 Å². The van der Waals surface area contributed by atoms with Crippen LogP contribution in [0.3, 0.4) is 0 Å². The second-order valence-corrected chi connectivity index (χ2v) is 7.89. The number of rotatable bonds is 4. The molecule has 1 aromatic heterocycles. The van der Waals surface area contributed by atoms with E-state index in [9.17, 15) is 13.2 Å². The molecule has 1 N–H and O–H groups in total. The topological polar surface area (TPSA) is 84.3 Å². The minimum absolute atomic E-state index is 0.0773. The third-order valence-corrected chi connectivity index (χ3v) is 4.93. The fourth-order valence-electron chi connectivity index (χ4n) is 3.11. The number of carbonyl (C=O) groups excluding carboxylic acids is 1. The van der Waals surface area contributed by atoms with Gasteiger partial charge in [-0.3, -0.25) is 9.48 Å². The zero-order valence-corrected chi connectivity index (χ0v) is 13.0. The molecule has 2 aliphatic rings. The maximum absolute atomic E-state index is 12.5. The molecule has 0 bridgehead atoms. The molecule has 0 unspecified atom stereocenters. The second kappa shape index (κ2) is 5.10. The smallest absolute Gasteiger partial charge is 0.257 e. The van der Waals surface area contributed by atoms with Crippen molar-refractivity contribution >= 4 is 15.9 Å². The van der Waals surface area contributed by atoms with Gasteiger partial charge in [0.1, 0.15) is 0 Å². The van der Waals surface area contributed by atoms with E-state index < -0.39 is 10.0 Å². The zero-order chi connectivity index (χ0) is 15.2. The van der Waals surface area contributed by atoms with Gasteiger partial charge in [0.15, 0.2) is 0 Å². The molecular weight excluding hydrogens is 292 g/mol. The highest BCUT2D eigenvalue weighted by Gasteiger charge is 2.44. The summed E-state index contributed by atoms with van der Waals surface area (Å²) in [4.78, 5) is 14.2. The lowest BCUT2D eigenvalue weighted by atomic mass is 9.99. The zero-order valence-electron chi connectivity index (χ0n) is 12.2. The molecule has 2 fully saturated rings. The minimum atomic E-state index is -3.26. The molecule has 116 valence electrons. The van der Waals surface area contributed by atoms with Gasteiger partial charge >= 0.3 is 0 Å². The van der Waals surface area contributed by atoms with Gasteiger partial charge in [0.25, 0.3) is 5.91 Å². The molecule has 1 aromatic rings. The second-order valence-electron chi connectivity index (χ2n) is 6.11. The Morgan fingerprint density at radius 2 is 2.10 bits per heavy atom. The molecular formula is C13H20N4O3S. The van der Waals surface area contributed by atoms with Crippen LogP contribution in [0, 0.1) is 11.8 Å². The van der Waals surface area contributed by atoms with E-state index in [0.717, 1.165) is 12.8 Å². The van der Waals surface area contributed by atoms with Gasteiger partial charge in [-0.15, -0.1) is 0 Å². The molecule has 3 rings (SSSR count). The molecule has 2 atom stereocenters. The lowest BCUT2D eigenvalue weighted by Gasteiger charge is -2.17. The van der Waals surface area contributed by atoms with Crippen LogP contribution in [-0.4, -0.2) is 54.4 Å². The quantitative estimate of drug-likeness (QED) is 0.836. The Kier molecular flexibility index (Phi) is 3.53. The first-order valence-corrected chi connectivity index (χ1v) is 8.98. The van der Waals surface area contributed by atoms with E-state index in [-0.39, 0.29) is 17.9 Å². The molecule has 2 heterocycles. The van der Waals surface area contributed by atoms with Gasteiger partial charge in [-0.1, -0.05) is 0 Å². The Labute approximate surface area is 124 Å². The van der Waals surface area contributed by atoms with E-state index in [4.69, 9.17) is 0 Å². The summed E-state index contributed by atoms with van der Waals surface area (Å²) in [5, 5.41) is 4.01. The summed E-state index contributed by atoms with van der Waals surface area (Å²) in [5.41, 5.74) is 0.548. The van der Waals surface area contributed by atoms with Crippen molar-refractivity contribution in [2.75, 3.05) is 19.3 Å². The molecule has 1 aliphatic heterocycles. The van der Waals surface area contributed by atoms with E-state index in [1.54, 1.807) is 29.0 Å². The first-order chi connectivity index (χ1) is 9.83. The predicted molar refractivity (Wildman–Crippen MR) is 77.1 cm³/mol. The van der Waals surface area contributed by atoms with E-state index in [0.29, 0.717) is 24.6 Å². The largest absolute Gasteiger partial charge is 0.337 e. The van der Waals surface area contributed by atoms with E-state index in [1.165, 1.54) is 6.26 Å². The van der Waals surface area contributed by atoms with Crippen molar-refractivity contribution < 1.29 is 13.2 Å². The van der Waals surface area contributed by atoms with Crippen molar-refractivity contribution in [3.63, 3.8) is 0 Å². The summed E-state index contributed by atoms with van der Waals surface area (Å²) < 4.78 is 27.3. The number of carbonyl (C=O) groups is 1. The summed E-state index contributed by atoms with van der Waals surface area (Å²) in [6, 6.07) is -0.173. The first-order valence-electron chi connectivity index (χ1n) is 7.09. The predicted octanol–water partition coefficient (Wildman–Crippen LogP) is -0.180. The summed E-state index contributed by atoms with van der Waals surface area (Å²) in [6.07, 6.45) is 6.66. The summed E-state index contributed by atoms with van der Waals surface area (Å²) in [7, 11) is -1.49. The highest BCUT2D eigenvalue weighted by molar-refractivity contribution is 7.88. The van der Waals surface area contributed by atoms with Crippen molar-refractivity contribution in [3.05, 3.63) is 18.0 Å². The minimum Gasteiger partial charge on any atom is -0.337 e. The Hall–Kier alpha value is -1.41. The van der Waals surface area contributed by atoms with Crippen LogP contribution in [-0.2, 0) is 17.1 Å². The van der Waals surface area contributed by atoms with Crippen LogP contribution in [0.5, 0.6) is 0 Å². The third kappa shape index (κ3) is 3.26. The fourth-order valence-corrected chi connectivity index (χ4v) is 3.91. The molecule has 0 spiro atoms. The molecule has 1 aliphatic carbocycles. The van der Waals surface area contributed by atoms with Gasteiger partial charge in [0.05, 0.1) is 18.0 Å². The van der Waals surface area contributed by atoms with Gasteiger partial charge in [0, 0.05) is 32.4 Å². The molecule has 0 radical (unpaired) electrons. The van der Waals surface area contributed by atoms with Crippen LogP contribution >= 0.6 is 0 Å². The molecule has 0 aromatic carbocycles. The van der Waals surface area contributed by atoms with Crippen molar-refractivity contribution in [2.24, 2.45) is 18.9 Å². The van der Waals surface area contributed by atoms with Gasteiger partial charge in [-0.25, -0.2) is 13.1 Å². The van der Waals surface area contributed by atoms with Crippen molar-refractivity contribution in [1.29, 1.82) is 0 Å². The van der Waals surface area contributed by atoms with Crippen molar-refractivity contribution in [1.82, 2.24) is 19.4 Å². The Bertz CT molecular complexity index is 650. The number of aryl methyl sites for hydroxylation is 1. The number of nitrogens with one attached hydrogen (secondary N) is 1. The molecule has 1 amide bonds. The van der Waals surface area contributed by atoms with E-state index in [1.807, 2.05) is 0 Å². The average molecular weight is 312 g/mol. The van der Waals surface area contributed by atoms with Gasteiger partial charge in [-0.2, -0.15) is 5.10 Å². The van der Waals surface area contributed by atoms with Gasteiger partial charge in [0.2, 0.25) is 10.0 Å². The molecule has 1 saturated carbocycles. The van der Waals surface area contributed by atoms with Crippen molar-refractivity contribution in [2.45, 2.75) is 18.9 Å². The molecule has 8 heteroatoms. The summed E-state index contributed by atoms with van der Waals surface area (Å²) in [5.74, 6) is 0.683. The Morgan fingerprint density at radius 1 is 1.38 bits per heavy atom. The first kappa shape index (κ1) is 14.5. The maximum atomic E-state index is 12.5. The van der Waals surface area contributed by atoms with Crippen molar-refractivity contribution in [3.8, 4) is 0 Å². The summed E-state index contributed by atoms with van der Waals surface area (Å²) >= 11 is 0. The summed E-state index contributed by atoms with van der Waals surface area (Å²) in [6.45, 7) is 1.05. The SMILES string of the molecule is Cn1cc(C(=O)N2C[C@H](NS(C)(=O)=O)[C@@H](C3CC3)C2)cn1. The molecule has 1 saturated heterocycles. The molecule has 7 nitrogen and oxygen atoms in total. The van der Waals surface area contributed by atoms with Crippen LogP contribution in [0.2, 0.25) is 0 Å². The number of aromatic nitrogens is 2. The number of hydrogen-bond donors (Lipinski definition) is 1. The highest BCUT2D eigenvalue weighted by atomic mass is 32.2.